The Labute approximate surface area is 135 Å². The first-order valence-corrected chi connectivity index (χ1v) is 9.50. The molecular weight excluding hydrogens is 324 g/mol. The van der Waals surface area contributed by atoms with Gasteiger partial charge in [-0.05, 0) is 55.7 Å². The Kier molecular flexibility index (Phi) is 5.84. The van der Waals surface area contributed by atoms with E-state index in [0.717, 1.165) is 21.3 Å². The summed E-state index contributed by atoms with van der Waals surface area (Å²) in [4.78, 5) is 2.00. The summed E-state index contributed by atoms with van der Waals surface area (Å²) in [5.41, 5.74) is 13.4. The smallest absolute Gasteiger partial charge is 0.120 e. The molecule has 0 aliphatic heterocycles. The summed E-state index contributed by atoms with van der Waals surface area (Å²) in [5.74, 6) is 1.52. The van der Waals surface area contributed by atoms with Crippen LogP contribution in [-0.4, -0.2) is 14.2 Å². The molecule has 0 heterocycles. The first kappa shape index (κ1) is 16.1. The molecule has 4 N–H and O–H groups in total. The molecule has 0 aromatic heterocycles. The molecule has 112 valence electrons. The van der Waals surface area contributed by atoms with E-state index in [0.29, 0.717) is 11.4 Å². The van der Waals surface area contributed by atoms with E-state index in [4.69, 9.17) is 20.9 Å². The third kappa shape index (κ3) is 4.33. The highest BCUT2D eigenvalue weighted by molar-refractivity contribution is 9.09. The molecule has 0 aliphatic rings. The average molecular weight is 340 g/mol. The van der Waals surface area contributed by atoms with Gasteiger partial charge in [0.1, 0.15) is 11.5 Å². The lowest BCUT2D eigenvalue weighted by Gasteiger charge is -2.08. The molecule has 0 bridgehead atoms. The van der Waals surface area contributed by atoms with Crippen LogP contribution in [0.5, 0.6) is 11.5 Å². The molecule has 4 nitrogen and oxygen atoms in total. The second-order valence-electron chi connectivity index (χ2n) is 4.04. The van der Waals surface area contributed by atoms with Gasteiger partial charge in [-0.1, -0.05) is 0 Å². The zero-order valence-electron chi connectivity index (χ0n) is 11.7. The Hall–Kier alpha value is -1.31. The van der Waals surface area contributed by atoms with E-state index in [1.165, 1.54) is 0 Å². The molecule has 0 amide bonds. The molecule has 2 aromatic rings. The molecule has 0 radical (unpaired) electrons. The highest BCUT2D eigenvalue weighted by atomic mass is 33.5. The topological polar surface area (TPSA) is 70.5 Å². The first-order valence-electron chi connectivity index (χ1n) is 6.02. The van der Waals surface area contributed by atoms with E-state index in [-0.39, 0.29) is 0 Å². The fourth-order valence-electron chi connectivity index (χ4n) is 1.55. The van der Waals surface area contributed by atoms with Gasteiger partial charge in [0.25, 0.3) is 0 Å². The van der Waals surface area contributed by atoms with E-state index in [2.05, 4.69) is 0 Å². The highest BCUT2D eigenvalue weighted by Gasteiger charge is 2.06. The van der Waals surface area contributed by atoms with E-state index in [1.807, 2.05) is 36.4 Å². The van der Waals surface area contributed by atoms with Crippen LogP contribution in [0.4, 0.5) is 11.4 Å². The minimum Gasteiger partial charge on any atom is -0.497 e. The Balaban J connectivity index is 1.95. The summed E-state index contributed by atoms with van der Waals surface area (Å²) < 4.78 is 10.3. The monoisotopic (exact) mass is 340 g/mol. The normalized spacial score (nSPS) is 10.4. The van der Waals surface area contributed by atoms with Crippen molar-refractivity contribution in [2.45, 2.75) is 9.79 Å². The van der Waals surface area contributed by atoms with Crippen molar-refractivity contribution in [3.8, 4) is 11.5 Å². The average Bonchev–Trinajstić information content (AvgIpc) is 2.50. The number of hydrogen-bond donors (Lipinski definition) is 2. The Morgan fingerprint density at radius 2 is 1.19 bits per heavy atom. The predicted octanol–water partition coefficient (Wildman–Crippen LogP) is 4.32. The summed E-state index contributed by atoms with van der Waals surface area (Å²) in [6.07, 6.45) is 0. The molecule has 0 unspecified atom stereocenters. The van der Waals surface area contributed by atoms with Gasteiger partial charge >= 0.3 is 0 Å². The van der Waals surface area contributed by atoms with Crippen LogP contribution >= 0.6 is 31.4 Å². The maximum absolute atomic E-state index is 5.98. The predicted molar refractivity (Wildman–Crippen MR) is 94.1 cm³/mol. The number of methoxy groups -OCH3 is 2. The largest absolute Gasteiger partial charge is 0.497 e. The van der Waals surface area contributed by atoms with Crippen LogP contribution in [0.1, 0.15) is 0 Å². The lowest BCUT2D eigenvalue weighted by Crippen LogP contribution is -1.90. The van der Waals surface area contributed by atoms with Crippen molar-refractivity contribution < 1.29 is 9.47 Å². The Morgan fingerprint density at radius 3 is 1.52 bits per heavy atom. The van der Waals surface area contributed by atoms with Crippen LogP contribution in [-0.2, 0) is 0 Å². The maximum Gasteiger partial charge on any atom is 0.120 e. The van der Waals surface area contributed by atoms with Gasteiger partial charge in [0.2, 0.25) is 0 Å². The summed E-state index contributed by atoms with van der Waals surface area (Å²) in [5, 5.41) is 0. The number of hydrogen-bond acceptors (Lipinski definition) is 7. The molecule has 2 rings (SSSR count). The van der Waals surface area contributed by atoms with Crippen LogP contribution in [0.25, 0.3) is 0 Å². The number of benzene rings is 2. The molecule has 7 heteroatoms. The molecule has 0 fully saturated rings. The van der Waals surface area contributed by atoms with Gasteiger partial charge in [0.15, 0.2) is 0 Å². The van der Waals surface area contributed by atoms with Crippen LogP contribution < -0.4 is 20.9 Å². The Bertz CT molecular complexity index is 570. The molecular formula is C14H16N2O2S3. The van der Waals surface area contributed by atoms with Crippen molar-refractivity contribution in [1.29, 1.82) is 0 Å². The van der Waals surface area contributed by atoms with E-state index in [9.17, 15) is 0 Å². The van der Waals surface area contributed by atoms with Gasteiger partial charge in [-0.25, -0.2) is 0 Å². The summed E-state index contributed by atoms with van der Waals surface area (Å²) >= 11 is 0. The first-order chi connectivity index (χ1) is 10.1. The molecule has 21 heavy (non-hydrogen) atoms. The maximum atomic E-state index is 5.98. The van der Waals surface area contributed by atoms with Crippen molar-refractivity contribution in [2.24, 2.45) is 0 Å². The molecule has 0 aliphatic carbocycles. The van der Waals surface area contributed by atoms with Gasteiger partial charge in [-0.15, -0.1) is 0 Å². The van der Waals surface area contributed by atoms with Gasteiger partial charge in [-0.3, -0.25) is 0 Å². The van der Waals surface area contributed by atoms with Crippen LogP contribution in [0.3, 0.4) is 0 Å². The van der Waals surface area contributed by atoms with Crippen LogP contribution in [0.2, 0.25) is 0 Å². The Morgan fingerprint density at radius 1 is 0.762 bits per heavy atom. The number of anilines is 2. The quantitative estimate of drug-likeness (QED) is 0.599. The van der Waals surface area contributed by atoms with Gasteiger partial charge in [0, 0.05) is 33.3 Å². The number of rotatable bonds is 6. The fraction of sp³-hybridized carbons (Fsp3) is 0.143. The van der Waals surface area contributed by atoms with Crippen LogP contribution in [0.15, 0.2) is 46.2 Å². The van der Waals surface area contributed by atoms with Crippen molar-refractivity contribution in [3.63, 3.8) is 0 Å². The zero-order valence-corrected chi connectivity index (χ0v) is 14.1. The lowest BCUT2D eigenvalue weighted by molar-refractivity contribution is 0.414. The van der Waals surface area contributed by atoms with Gasteiger partial charge in [-0.2, -0.15) is 0 Å². The molecule has 2 aromatic carbocycles. The van der Waals surface area contributed by atoms with Crippen molar-refractivity contribution >= 4 is 42.8 Å². The minimum absolute atomic E-state index is 0.704. The molecule has 0 saturated carbocycles. The molecule has 0 saturated heterocycles. The van der Waals surface area contributed by atoms with Crippen LogP contribution in [0, 0.1) is 0 Å². The van der Waals surface area contributed by atoms with Crippen molar-refractivity contribution in [2.75, 3.05) is 25.7 Å². The third-order valence-electron chi connectivity index (χ3n) is 2.68. The van der Waals surface area contributed by atoms with Gasteiger partial charge in [0.05, 0.1) is 14.2 Å². The molecule has 0 atom stereocenters. The highest BCUT2D eigenvalue weighted by Crippen LogP contribution is 2.48. The SMILES string of the molecule is COc1ccc(SSSc2ccc(OC)cc2N)c(N)c1. The summed E-state index contributed by atoms with van der Waals surface area (Å²) in [6.45, 7) is 0. The van der Waals surface area contributed by atoms with E-state index in [1.54, 1.807) is 45.6 Å². The van der Waals surface area contributed by atoms with Crippen molar-refractivity contribution in [1.82, 2.24) is 0 Å². The van der Waals surface area contributed by atoms with Crippen molar-refractivity contribution in [3.05, 3.63) is 36.4 Å². The zero-order chi connectivity index (χ0) is 15.2. The van der Waals surface area contributed by atoms with Gasteiger partial charge < -0.3 is 20.9 Å². The lowest BCUT2D eigenvalue weighted by atomic mass is 10.3. The minimum atomic E-state index is 0.704. The number of nitrogen functional groups attached to an aromatic ring is 2. The number of ether oxygens (including phenoxy) is 2. The fourth-order valence-corrected chi connectivity index (χ4v) is 5.37. The standard InChI is InChI=1S/C14H16N2O2S3/c1-17-9-3-5-13(11(15)7-9)19-21-20-14-6-4-10(18-2)8-12(14)16/h3-8H,15-16H2,1-2H3. The second kappa shape index (κ2) is 7.63. The van der Waals surface area contributed by atoms with E-state index < -0.39 is 0 Å². The number of nitrogens with two attached hydrogens (primary N) is 2. The third-order valence-corrected chi connectivity index (χ3v) is 6.63. The summed E-state index contributed by atoms with van der Waals surface area (Å²) in [6, 6.07) is 11.3. The second-order valence-corrected chi connectivity index (χ2v) is 8.02. The molecule has 0 spiro atoms. The van der Waals surface area contributed by atoms with E-state index >= 15 is 0 Å². The summed E-state index contributed by atoms with van der Waals surface area (Å²) in [7, 11) is 8.04.